The lowest BCUT2D eigenvalue weighted by atomic mass is 9.81. The molecule has 0 saturated carbocycles. The third-order valence-corrected chi connectivity index (χ3v) is 6.15. The first-order chi connectivity index (χ1) is 14.9. The van der Waals surface area contributed by atoms with Crippen LogP contribution in [0.2, 0.25) is 0 Å². The molecular formula is C20H32N8O3. The summed E-state index contributed by atoms with van der Waals surface area (Å²) in [6, 6.07) is 0. The van der Waals surface area contributed by atoms with Crippen molar-refractivity contribution < 1.29 is 14.3 Å². The van der Waals surface area contributed by atoms with E-state index >= 15 is 0 Å². The lowest BCUT2D eigenvalue weighted by Crippen LogP contribution is -2.42. The summed E-state index contributed by atoms with van der Waals surface area (Å²) in [5.41, 5.74) is 5.56. The molecule has 31 heavy (non-hydrogen) atoms. The largest absolute Gasteiger partial charge is 0.383 e. The van der Waals surface area contributed by atoms with Gasteiger partial charge < -0.3 is 25.6 Å². The number of aromatic amines is 1. The first-order valence-corrected chi connectivity index (χ1v) is 10.7. The highest BCUT2D eigenvalue weighted by atomic mass is 16.5. The van der Waals surface area contributed by atoms with Crippen LogP contribution in [0.4, 0.5) is 11.8 Å². The molecule has 0 spiro atoms. The quantitative estimate of drug-likeness (QED) is 0.499. The van der Waals surface area contributed by atoms with Crippen LogP contribution in [0, 0.1) is 5.41 Å². The van der Waals surface area contributed by atoms with Crippen molar-refractivity contribution >= 4 is 34.6 Å². The van der Waals surface area contributed by atoms with Crippen LogP contribution in [0.5, 0.6) is 0 Å². The number of fused-ring (bicyclic) bond motifs is 1. The zero-order chi connectivity index (χ0) is 22.4. The number of hydrogen-bond donors (Lipinski definition) is 3. The molecule has 1 fully saturated rings. The van der Waals surface area contributed by atoms with Crippen LogP contribution in [-0.4, -0.2) is 83.3 Å². The van der Waals surface area contributed by atoms with Gasteiger partial charge in [-0.2, -0.15) is 15.1 Å². The molecule has 1 aliphatic heterocycles. The second kappa shape index (κ2) is 9.90. The van der Waals surface area contributed by atoms with Gasteiger partial charge in [0.25, 0.3) is 0 Å². The van der Waals surface area contributed by atoms with Crippen LogP contribution < -0.4 is 16.0 Å². The van der Waals surface area contributed by atoms with Crippen molar-refractivity contribution in [2.75, 3.05) is 56.7 Å². The lowest BCUT2D eigenvalue weighted by Gasteiger charge is -2.28. The smallest absolute Gasteiger partial charge is 0.242 e. The van der Waals surface area contributed by atoms with Crippen molar-refractivity contribution in [1.29, 1.82) is 0 Å². The number of nitrogens with one attached hydrogen (secondary N) is 2. The summed E-state index contributed by atoms with van der Waals surface area (Å²) in [5, 5.41) is 10.9. The fourth-order valence-corrected chi connectivity index (χ4v) is 3.86. The van der Waals surface area contributed by atoms with E-state index in [2.05, 4.69) is 25.5 Å². The molecule has 0 bridgehead atoms. The minimum Gasteiger partial charge on any atom is -0.383 e. The number of hydrogen-bond acceptors (Lipinski definition) is 8. The van der Waals surface area contributed by atoms with Crippen LogP contribution in [0.3, 0.4) is 0 Å². The topological polar surface area (TPSA) is 142 Å². The van der Waals surface area contributed by atoms with Crippen molar-refractivity contribution in [3.8, 4) is 0 Å². The molecule has 11 heteroatoms. The molecule has 2 aromatic rings. The van der Waals surface area contributed by atoms with Gasteiger partial charge in [0.05, 0.1) is 30.1 Å². The number of carbonyl (C=O) groups excluding carboxylic acids is 2. The Bertz CT molecular complexity index is 911. The van der Waals surface area contributed by atoms with Gasteiger partial charge in [0.2, 0.25) is 17.8 Å². The van der Waals surface area contributed by atoms with Crippen molar-refractivity contribution in [1.82, 2.24) is 25.1 Å². The average molecular weight is 433 g/mol. The minimum atomic E-state index is -0.674. The zero-order valence-corrected chi connectivity index (χ0v) is 18.5. The van der Waals surface area contributed by atoms with Crippen molar-refractivity contribution in [3.05, 3.63) is 6.20 Å². The van der Waals surface area contributed by atoms with E-state index in [0.29, 0.717) is 63.0 Å². The van der Waals surface area contributed by atoms with Crippen LogP contribution >= 0.6 is 0 Å². The van der Waals surface area contributed by atoms with Crippen molar-refractivity contribution in [2.45, 2.75) is 33.1 Å². The van der Waals surface area contributed by atoms with E-state index in [9.17, 15) is 9.59 Å². The summed E-state index contributed by atoms with van der Waals surface area (Å²) < 4.78 is 5.12. The molecule has 2 amide bonds. The predicted molar refractivity (Wildman–Crippen MR) is 118 cm³/mol. The highest BCUT2D eigenvalue weighted by Gasteiger charge is 2.33. The maximum atomic E-state index is 12.8. The molecule has 3 rings (SSSR count). The summed E-state index contributed by atoms with van der Waals surface area (Å²) in [5.74, 6) is 0.694. The third-order valence-electron chi connectivity index (χ3n) is 6.15. The van der Waals surface area contributed by atoms with E-state index in [1.165, 1.54) is 0 Å². The number of nitrogens with two attached hydrogens (primary N) is 1. The number of carbonyl (C=O) groups is 2. The fourth-order valence-electron chi connectivity index (χ4n) is 3.86. The Hall–Kier alpha value is -2.95. The molecule has 0 aromatic carbocycles. The zero-order valence-electron chi connectivity index (χ0n) is 18.5. The second-order valence-electron chi connectivity index (χ2n) is 7.86. The number of ether oxygens (including phenoxy) is 1. The van der Waals surface area contributed by atoms with E-state index in [4.69, 9.17) is 10.5 Å². The van der Waals surface area contributed by atoms with E-state index < -0.39 is 5.41 Å². The molecule has 170 valence electrons. The van der Waals surface area contributed by atoms with Gasteiger partial charge in [-0.15, -0.1) is 0 Å². The molecular weight excluding hydrogens is 400 g/mol. The molecule has 0 aliphatic carbocycles. The Morgan fingerprint density at radius 3 is 2.77 bits per heavy atom. The van der Waals surface area contributed by atoms with E-state index in [0.717, 1.165) is 11.8 Å². The number of amides is 2. The Kier molecular flexibility index (Phi) is 7.26. The molecule has 0 atom stereocenters. The summed E-state index contributed by atoms with van der Waals surface area (Å²) in [6.45, 7) is 6.88. The van der Waals surface area contributed by atoms with Crippen LogP contribution in [0.25, 0.3) is 11.0 Å². The molecule has 0 unspecified atom stereocenters. The molecule has 2 aromatic heterocycles. The van der Waals surface area contributed by atoms with Crippen LogP contribution in [0.15, 0.2) is 6.20 Å². The molecule has 0 radical (unpaired) electrons. The first kappa shape index (κ1) is 22.7. The minimum absolute atomic E-state index is 0.0315. The molecule has 1 saturated heterocycles. The van der Waals surface area contributed by atoms with Gasteiger partial charge >= 0.3 is 0 Å². The molecule has 3 heterocycles. The van der Waals surface area contributed by atoms with Crippen LogP contribution in [-0.2, 0) is 14.3 Å². The maximum Gasteiger partial charge on any atom is 0.242 e. The fraction of sp³-hybridized carbons (Fsp3) is 0.650. The van der Waals surface area contributed by atoms with Crippen molar-refractivity contribution in [2.24, 2.45) is 11.1 Å². The highest BCUT2D eigenvalue weighted by Crippen LogP contribution is 2.28. The van der Waals surface area contributed by atoms with Crippen molar-refractivity contribution in [3.63, 3.8) is 0 Å². The summed E-state index contributed by atoms with van der Waals surface area (Å²) >= 11 is 0. The van der Waals surface area contributed by atoms with Gasteiger partial charge in [-0.05, 0) is 19.3 Å². The Morgan fingerprint density at radius 1 is 1.32 bits per heavy atom. The van der Waals surface area contributed by atoms with Gasteiger partial charge in [0, 0.05) is 33.3 Å². The first-order valence-electron chi connectivity index (χ1n) is 10.7. The normalized spacial score (nSPS) is 15.4. The Morgan fingerprint density at radius 2 is 2.10 bits per heavy atom. The molecule has 11 nitrogen and oxygen atoms in total. The van der Waals surface area contributed by atoms with Gasteiger partial charge in [0.1, 0.15) is 5.82 Å². The second-order valence-corrected chi connectivity index (χ2v) is 7.86. The number of H-pyrrole nitrogens is 1. The van der Waals surface area contributed by atoms with Crippen LogP contribution in [0.1, 0.15) is 33.1 Å². The Balaban J connectivity index is 1.85. The monoisotopic (exact) mass is 432 g/mol. The number of anilines is 2. The van der Waals surface area contributed by atoms with Gasteiger partial charge in [0.15, 0.2) is 5.65 Å². The summed E-state index contributed by atoms with van der Waals surface area (Å²) in [6.07, 6.45) is 3.71. The molecule has 1 aliphatic rings. The maximum absolute atomic E-state index is 12.8. The SMILES string of the molecule is CCC(CC)(CNc1nc(N2CCCN(CCOC)C(=O)C2)c2cn[nH]c2n1)C(N)=O. The summed E-state index contributed by atoms with van der Waals surface area (Å²) in [7, 11) is 1.63. The third kappa shape index (κ3) is 4.87. The number of methoxy groups -OCH3 is 1. The average Bonchev–Trinajstić information content (AvgIpc) is 3.16. The van der Waals surface area contributed by atoms with Gasteiger partial charge in [-0.3, -0.25) is 14.7 Å². The lowest BCUT2D eigenvalue weighted by molar-refractivity contribution is -0.130. The standard InChI is InChI=1S/C20H32N8O3/c1-4-20(5-2,18(21)30)13-22-19-24-16-14(11-23-26-16)17(25-19)28-8-6-7-27(9-10-31-3)15(29)12-28/h11H,4-10,12-13H2,1-3H3,(H2,21,30)(H2,22,23,24,25,26). The highest BCUT2D eigenvalue weighted by molar-refractivity contribution is 5.90. The summed E-state index contributed by atoms with van der Waals surface area (Å²) in [4.78, 5) is 37.8. The van der Waals surface area contributed by atoms with E-state index in [1.807, 2.05) is 23.6 Å². The number of rotatable bonds is 10. The molecule has 4 N–H and O–H groups in total. The van der Waals surface area contributed by atoms with Gasteiger partial charge in [-0.25, -0.2) is 0 Å². The van der Waals surface area contributed by atoms with Gasteiger partial charge in [-0.1, -0.05) is 13.8 Å². The number of nitrogens with zero attached hydrogens (tertiary/aromatic N) is 5. The Labute approximate surface area is 181 Å². The predicted octanol–water partition coefficient (Wildman–Crippen LogP) is 0.742. The number of primary amides is 1. The number of aromatic nitrogens is 4. The van der Waals surface area contributed by atoms with E-state index in [1.54, 1.807) is 13.3 Å². The van der Waals surface area contributed by atoms with E-state index in [-0.39, 0.29) is 18.4 Å².